The second-order valence-corrected chi connectivity index (χ2v) is 6.67. The third-order valence-corrected chi connectivity index (χ3v) is 4.84. The SMILES string of the molecule is COc1ccccc1CC(=O)N1CCC(O)(CN2CCOCC2)C1. The van der Waals surface area contributed by atoms with Gasteiger partial charge in [0.1, 0.15) is 5.75 Å². The summed E-state index contributed by atoms with van der Waals surface area (Å²) < 4.78 is 10.7. The van der Waals surface area contributed by atoms with Gasteiger partial charge in [0.05, 0.1) is 38.9 Å². The zero-order valence-corrected chi connectivity index (χ0v) is 14.2. The van der Waals surface area contributed by atoms with Crippen LogP contribution in [0.3, 0.4) is 0 Å². The van der Waals surface area contributed by atoms with Crippen molar-refractivity contribution in [2.75, 3.05) is 53.0 Å². The van der Waals surface area contributed by atoms with Gasteiger partial charge in [0.25, 0.3) is 0 Å². The van der Waals surface area contributed by atoms with Crippen molar-refractivity contribution < 1.29 is 19.4 Å². The summed E-state index contributed by atoms with van der Waals surface area (Å²) in [6, 6.07) is 7.57. The molecular weight excluding hydrogens is 308 g/mol. The molecule has 0 spiro atoms. The molecule has 1 N–H and O–H groups in total. The number of nitrogens with zero attached hydrogens (tertiary/aromatic N) is 2. The van der Waals surface area contributed by atoms with E-state index in [1.165, 1.54) is 0 Å². The molecule has 2 saturated heterocycles. The Labute approximate surface area is 143 Å². The van der Waals surface area contributed by atoms with Gasteiger partial charge in [-0.2, -0.15) is 0 Å². The summed E-state index contributed by atoms with van der Waals surface area (Å²) >= 11 is 0. The van der Waals surface area contributed by atoms with E-state index in [-0.39, 0.29) is 5.91 Å². The van der Waals surface area contributed by atoms with Crippen molar-refractivity contribution in [3.8, 4) is 5.75 Å². The van der Waals surface area contributed by atoms with Gasteiger partial charge in [-0.3, -0.25) is 9.69 Å². The molecule has 2 fully saturated rings. The minimum Gasteiger partial charge on any atom is -0.496 e. The fourth-order valence-electron chi connectivity index (χ4n) is 3.50. The van der Waals surface area contributed by atoms with E-state index in [0.717, 1.165) is 24.4 Å². The number of methoxy groups -OCH3 is 1. The van der Waals surface area contributed by atoms with E-state index in [9.17, 15) is 9.90 Å². The normalized spacial score (nSPS) is 25.0. The molecule has 2 aliphatic rings. The van der Waals surface area contributed by atoms with Crippen LogP contribution in [-0.4, -0.2) is 79.5 Å². The van der Waals surface area contributed by atoms with Crippen molar-refractivity contribution >= 4 is 5.91 Å². The number of benzene rings is 1. The Balaban J connectivity index is 1.57. The average molecular weight is 334 g/mol. The number of likely N-dealkylation sites (tertiary alicyclic amines) is 1. The fourth-order valence-corrected chi connectivity index (χ4v) is 3.50. The number of para-hydroxylation sites is 1. The quantitative estimate of drug-likeness (QED) is 0.851. The Hall–Kier alpha value is -1.63. The van der Waals surface area contributed by atoms with Crippen molar-refractivity contribution in [1.29, 1.82) is 0 Å². The van der Waals surface area contributed by atoms with Gasteiger partial charge in [0.2, 0.25) is 5.91 Å². The van der Waals surface area contributed by atoms with Gasteiger partial charge < -0.3 is 19.5 Å². The van der Waals surface area contributed by atoms with Crippen molar-refractivity contribution in [3.63, 3.8) is 0 Å². The van der Waals surface area contributed by atoms with Gasteiger partial charge in [-0.15, -0.1) is 0 Å². The molecule has 0 bridgehead atoms. The maximum Gasteiger partial charge on any atom is 0.227 e. The molecule has 0 aromatic heterocycles. The maximum absolute atomic E-state index is 12.6. The highest BCUT2D eigenvalue weighted by Crippen LogP contribution is 2.25. The van der Waals surface area contributed by atoms with Crippen molar-refractivity contribution in [3.05, 3.63) is 29.8 Å². The summed E-state index contributed by atoms with van der Waals surface area (Å²) in [5, 5.41) is 10.8. The lowest BCUT2D eigenvalue weighted by molar-refractivity contribution is -0.130. The molecule has 1 unspecified atom stereocenters. The van der Waals surface area contributed by atoms with E-state index in [1.54, 1.807) is 12.0 Å². The van der Waals surface area contributed by atoms with E-state index in [4.69, 9.17) is 9.47 Å². The van der Waals surface area contributed by atoms with Gasteiger partial charge in [0, 0.05) is 31.7 Å². The van der Waals surface area contributed by atoms with Gasteiger partial charge in [-0.05, 0) is 12.5 Å². The minimum absolute atomic E-state index is 0.0393. The Morgan fingerprint density at radius 1 is 1.29 bits per heavy atom. The molecule has 6 nitrogen and oxygen atoms in total. The Morgan fingerprint density at radius 2 is 2.04 bits per heavy atom. The molecule has 0 radical (unpaired) electrons. The largest absolute Gasteiger partial charge is 0.496 e. The molecule has 24 heavy (non-hydrogen) atoms. The number of hydrogen-bond donors (Lipinski definition) is 1. The third kappa shape index (κ3) is 4.06. The summed E-state index contributed by atoms with van der Waals surface area (Å²) in [5.41, 5.74) is 0.0712. The molecule has 6 heteroatoms. The highest BCUT2D eigenvalue weighted by atomic mass is 16.5. The third-order valence-electron chi connectivity index (χ3n) is 4.84. The second kappa shape index (κ2) is 7.51. The highest BCUT2D eigenvalue weighted by Gasteiger charge is 2.39. The average Bonchev–Trinajstić information content (AvgIpc) is 2.98. The first-order chi connectivity index (χ1) is 11.6. The lowest BCUT2D eigenvalue weighted by Crippen LogP contribution is -2.49. The number of hydrogen-bond acceptors (Lipinski definition) is 5. The summed E-state index contributed by atoms with van der Waals surface area (Å²) in [6.45, 7) is 4.73. The molecule has 2 heterocycles. The monoisotopic (exact) mass is 334 g/mol. The number of β-amino-alcohol motifs (C(OH)–C–C–N with tert-alkyl or cyclic N) is 1. The molecule has 1 aromatic carbocycles. The topological polar surface area (TPSA) is 62.2 Å². The summed E-state index contributed by atoms with van der Waals surface area (Å²) in [5.74, 6) is 0.769. The molecular formula is C18H26N2O4. The first kappa shape index (κ1) is 17.2. The standard InChI is InChI=1S/C18H26N2O4/c1-23-16-5-3-2-4-15(16)12-17(21)20-7-6-18(22,14-20)13-19-8-10-24-11-9-19/h2-5,22H,6-14H2,1H3. The Morgan fingerprint density at radius 3 is 2.79 bits per heavy atom. The van der Waals surface area contributed by atoms with Crippen molar-refractivity contribution in [2.24, 2.45) is 0 Å². The van der Waals surface area contributed by atoms with E-state index in [2.05, 4.69) is 4.90 Å². The highest BCUT2D eigenvalue weighted by molar-refractivity contribution is 5.80. The lowest BCUT2D eigenvalue weighted by Gasteiger charge is -2.33. The van der Waals surface area contributed by atoms with Crippen LogP contribution in [0.1, 0.15) is 12.0 Å². The van der Waals surface area contributed by atoms with Crippen LogP contribution in [0.4, 0.5) is 0 Å². The van der Waals surface area contributed by atoms with Crippen LogP contribution in [0.25, 0.3) is 0 Å². The van der Waals surface area contributed by atoms with Crippen LogP contribution >= 0.6 is 0 Å². The first-order valence-corrected chi connectivity index (χ1v) is 8.52. The summed E-state index contributed by atoms with van der Waals surface area (Å²) in [4.78, 5) is 16.6. The van der Waals surface area contributed by atoms with Crippen LogP contribution in [-0.2, 0) is 16.0 Å². The number of morpholine rings is 1. The fraction of sp³-hybridized carbons (Fsp3) is 0.611. The van der Waals surface area contributed by atoms with E-state index in [0.29, 0.717) is 45.7 Å². The predicted molar refractivity (Wildman–Crippen MR) is 90.1 cm³/mol. The predicted octanol–water partition coefficient (Wildman–Crippen LogP) is 0.533. The first-order valence-electron chi connectivity index (χ1n) is 8.52. The molecule has 1 atom stereocenters. The van der Waals surface area contributed by atoms with Gasteiger partial charge in [-0.1, -0.05) is 18.2 Å². The summed E-state index contributed by atoms with van der Waals surface area (Å²) in [7, 11) is 1.61. The molecule has 1 amide bonds. The number of aliphatic hydroxyl groups is 1. The van der Waals surface area contributed by atoms with Gasteiger partial charge in [-0.25, -0.2) is 0 Å². The number of rotatable bonds is 5. The number of ether oxygens (including phenoxy) is 2. The Kier molecular flexibility index (Phi) is 5.38. The number of carbonyl (C=O) groups excluding carboxylic acids is 1. The zero-order valence-electron chi connectivity index (χ0n) is 14.2. The van der Waals surface area contributed by atoms with Crippen LogP contribution in [0.2, 0.25) is 0 Å². The minimum atomic E-state index is -0.812. The lowest BCUT2D eigenvalue weighted by atomic mass is 10.0. The number of carbonyl (C=O) groups is 1. The van der Waals surface area contributed by atoms with E-state index < -0.39 is 5.60 Å². The zero-order chi connectivity index (χ0) is 17.0. The summed E-state index contributed by atoms with van der Waals surface area (Å²) in [6.07, 6.45) is 0.930. The maximum atomic E-state index is 12.6. The molecule has 132 valence electrons. The number of amides is 1. The second-order valence-electron chi connectivity index (χ2n) is 6.67. The molecule has 1 aromatic rings. The van der Waals surface area contributed by atoms with E-state index in [1.807, 2.05) is 24.3 Å². The molecule has 0 saturated carbocycles. The smallest absolute Gasteiger partial charge is 0.227 e. The Bertz CT molecular complexity index is 574. The van der Waals surface area contributed by atoms with Crippen molar-refractivity contribution in [1.82, 2.24) is 9.80 Å². The van der Waals surface area contributed by atoms with Gasteiger partial charge >= 0.3 is 0 Å². The van der Waals surface area contributed by atoms with Crippen LogP contribution in [0.15, 0.2) is 24.3 Å². The van der Waals surface area contributed by atoms with Crippen LogP contribution in [0, 0.1) is 0 Å². The van der Waals surface area contributed by atoms with Gasteiger partial charge in [0.15, 0.2) is 0 Å². The van der Waals surface area contributed by atoms with Crippen LogP contribution < -0.4 is 4.74 Å². The van der Waals surface area contributed by atoms with E-state index >= 15 is 0 Å². The van der Waals surface area contributed by atoms with Crippen LogP contribution in [0.5, 0.6) is 5.75 Å². The molecule has 3 rings (SSSR count). The molecule has 2 aliphatic heterocycles. The molecule has 0 aliphatic carbocycles. The van der Waals surface area contributed by atoms with Crippen molar-refractivity contribution in [2.45, 2.75) is 18.4 Å².